The third-order valence-corrected chi connectivity index (χ3v) is 10.8. The van der Waals surface area contributed by atoms with Crippen molar-refractivity contribution >= 4 is 42.8 Å². The van der Waals surface area contributed by atoms with Gasteiger partial charge in [0, 0.05) is 30.1 Å². The number of anilines is 4. The van der Waals surface area contributed by atoms with Crippen LogP contribution < -0.4 is 10.6 Å². The molecule has 0 aliphatic carbocycles. The number of nitrogens with one attached hydrogen (secondary N) is 2. The quantitative estimate of drug-likeness (QED) is 0.497. The fraction of sp³-hybridized carbons (Fsp3) is 0.261. The van der Waals surface area contributed by atoms with E-state index < -0.39 is 23.8 Å². The van der Waals surface area contributed by atoms with Gasteiger partial charge in [-0.2, -0.15) is 10.2 Å². The van der Waals surface area contributed by atoms with Crippen LogP contribution in [0.4, 0.5) is 23.1 Å². The van der Waals surface area contributed by atoms with Crippen LogP contribution >= 0.6 is 0 Å². The maximum absolute atomic E-state index is 12.5. The lowest BCUT2D eigenvalue weighted by Crippen LogP contribution is -2.39. The Labute approximate surface area is 199 Å². The summed E-state index contributed by atoms with van der Waals surface area (Å²) < 4.78 is 47.9. The summed E-state index contributed by atoms with van der Waals surface area (Å²) in [5.41, 5.74) is 3.44. The molecule has 3 aromatic rings. The molecule has 0 radical (unpaired) electrons. The lowest BCUT2D eigenvalue weighted by Gasteiger charge is -2.28. The van der Waals surface area contributed by atoms with Gasteiger partial charge in [0.2, 0.25) is 5.95 Å². The normalized spacial score (nSPS) is 12.1. The zero-order valence-electron chi connectivity index (χ0n) is 19.4. The first kappa shape index (κ1) is 25.1. The largest absolute Gasteiger partial charge is 0.340 e. The van der Waals surface area contributed by atoms with Crippen molar-refractivity contribution < 1.29 is 16.8 Å². The molecule has 178 valence electrons. The topological polar surface area (TPSA) is 142 Å². The van der Waals surface area contributed by atoms with Gasteiger partial charge in [0.05, 0.1) is 11.6 Å². The Bertz CT molecular complexity index is 1440. The molecule has 0 aliphatic heterocycles. The third-order valence-electron chi connectivity index (χ3n) is 5.65. The van der Waals surface area contributed by atoms with Gasteiger partial charge in [0.25, 0.3) is 0 Å². The summed E-state index contributed by atoms with van der Waals surface area (Å²) in [7, 11) is -7.95. The van der Waals surface area contributed by atoms with Crippen molar-refractivity contribution in [2.24, 2.45) is 0 Å². The van der Waals surface area contributed by atoms with Gasteiger partial charge in [0.15, 0.2) is 23.8 Å². The van der Waals surface area contributed by atoms with E-state index >= 15 is 0 Å². The van der Waals surface area contributed by atoms with Crippen molar-refractivity contribution in [3.05, 3.63) is 70.9 Å². The van der Waals surface area contributed by atoms with E-state index in [1.165, 1.54) is 6.92 Å². The molecule has 1 heterocycles. The molecule has 0 saturated carbocycles. The van der Waals surface area contributed by atoms with E-state index in [4.69, 9.17) is 5.26 Å². The van der Waals surface area contributed by atoms with Crippen molar-refractivity contribution in [1.82, 2.24) is 9.97 Å². The summed E-state index contributed by atoms with van der Waals surface area (Å²) in [5.74, 6) is 0.822. The summed E-state index contributed by atoms with van der Waals surface area (Å²) in [6.07, 6.45) is 3.42. The van der Waals surface area contributed by atoms with Crippen molar-refractivity contribution in [1.29, 1.82) is 5.26 Å². The van der Waals surface area contributed by atoms with Gasteiger partial charge in [-0.3, -0.25) is 0 Å². The molecular weight excluding hydrogens is 474 g/mol. The lowest BCUT2D eigenvalue weighted by molar-refractivity contribution is 0.559. The number of aryl methyl sites for hydroxylation is 2. The molecule has 0 saturated heterocycles. The van der Waals surface area contributed by atoms with Gasteiger partial charge in [-0.05, 0) is 67.8 Å². The minimum absolute atomic E-state index is 0.184. The van der Waals surface area contributed by atoms with E-state index in [9.17, 15) is 16.8 Å². The van der Waals surface area contributed by atoms with Gasteiger partial charge in [-0.15, -0.1) is 0 Å². The molecule has 34 heavy (non-hydrogen) atoms. The minimum Gasteiger partial charge on any atom is -0.340 e. The predicted octanol–water partition coefficient (Wildman–Crippen LogP) is 3.71. The molecular formula is C23H25N5O4S2. The van der Waals surface area contributed by atoms with Crippen molar-refractivity contribution in [3.63, 3.8) is 0 Å². The molecule has 9 nitrogen and oxygen atoms in total. The number of nitriles is 1. The van der Waals surface area contributed by atoms with Crippen LogP contribution in [0.5, 0.6) is 0 Å². The molecule has 2 aromatic carbocycles. The summed E-state index contributed by atoms with van der Waals surface area (Å²) in [4.78, 5) is 8.65. The zero-order valence-corrected chi connectivity index (χ0v) is 21.0. The molecule has 0 unspecified atom stereocenters. The SMILES string of the molecule is Cc1cc(C(C)(S(C)(=O)=O)S(C)(=O)=O)cc(C)c1Nc1ccnc(Nc2ccc(C#N)cc2)n1. The van der Waals surface area contributed by atoms with E-state index in [1.807, 2.05) is 0 Å². The van der Waals surface area contributed by atoms with Gasteiger partial charge < -0.3 is 10.6 Å². The van der Waals surface area contributed by atoms with Gasteiger partial charge in [-0.1, -0.05) is 12.1 Å². The molecule has 0 bridgehead atoms. The van der Waals surface area contributed by atoms with Crippen LogP contribution in [-0.2, 0) is 23.8 Å². The molecule has 0 amide bonds. The van der Waals surface area contributed by atoms with Crippen LogP contribution in [0, 0.1) is 25.2 Å². The van der Waals surface area contributed by atoms with Gasteiger partial charge in [-0.25, -0.2) is 21.8 Å². The van der Waals surface area contributed by atoms with Crippen LogP contribution in [0.15, 0.2) is 48.7 Å². The first-order valence-electron chi connectivity index (χ1n) is 10.1. The maximum atomic E-state index is 12.5. The fourth-order valence-electron chi connectivity index (χ4n) is 3.50. The molecule has 1 aromatic heterocycles. The van der Waals surface area contributed by atoms with Crippen molar-refractivity contribution in [3.8, 4) is 6.07 Å². The Morgan fingerprint density at radius 3 is 1.97 bits per heavy atom. The van der Waals surface area contributed by atoms with E-state index in [2.05, 4.69) is 26.7 Å². The Morgan fingerprint density at radius 2 is 1.47 bits per heavy atom. The van der Waals surface area contributed by atoms with E-state index in [0.29, 0.717) is 39.8 Å². The average molecular weight is 500 g/mol. The van der Waals surface area contributed by atoms with E-state index in [1.54, 1.807) is 62.5 Å². The van der Waals surface area contributed by atoms with Crippen molar-refractivity contribution in [2.45, 2.75) is 24.9 Å². The Balaban J connectivity index is 1.94. The van der Waals surface area contributed by atoms with E-state index in [0.717, 1.165) is 12.5 Å². The highest BCUT2D eigenvalue weighted by Gasteiger charge is 2.47. The van der Waals surface area contributed by atoms with Crippen LogP contribution in [-0.4, -0.2) is 39.3 Å². The number of rotatable bonds is 7. The highest BCUT2D eigenvalue weighted by atomic mass is 32.3. The predicted molar refractivity (Wildman–Crippen MR) is 133 cm³/mol. The Hall–Kier alpha value is -3.49. The number of sulfone groups is 2. The molecule has 0 fully saturated rings. The summed E-state index contributed by atoms with van der Waals surface area (Å²) in [5, 5.41) is 15.2. The minimum atomic E-state index is -3.98. The van der Waals surface area contributed by atoms with Crippen LogP contribution in [0.3, 0.4) is 0 Å². The fourth-order valence-corrected chi connectivity index (χ4v) is 6.79. The maximum Gasteiger partial charge on any atom is 0.229 e. The van der Waals surface area contributed by atoms with Crippen molar-refractivity contribution in [2.75, 3.05) is 23.1 Å². The second-order valence-electron chi connectivity index (χ2n) is 8.18. The highest BCUT2D eigenvalue weighted by Crippen LogP contribution is 2.38. The summed E-state index contributed by atoms with van der Waals surface area (Å²) in [6, 6.07) is 13.7. The van der Waals surface area contributed by atoms with Crippen LogP contribution in [0.1, 0.15) is 29.2 Å². The third kappa shape index (κ3) is 4.88. The number of nitrogens with zero attached hydrogens (tertiary/aromatic N) is 3. The average Bonchev–Trinajstić information content (AvgIpc) is 2.75. The number of hydrogen-bond acceptors (Lipinski definition) is 9. The molecule has 3 rings (SSSR count). The second kappa shape index (κ2) is 9.04. The highest BCUT2D eigenvalue weighted by molar-refractivity contribution is 8.08. The first-order valence-corrected chi connectivity index (χ1v) is 13.9. The molecule has 2 N–H and O–H groups in total. The standard InChI is InChI=1S/C23H25N5O4S2/c1-15-12-18(23(3,33(4,29)30)34(5,31)32)13-16(2)21(15)27-20-10-11-25-22(28-20)26-19-8-6-17(14-24)7-9-19/h6-13H,1-5H3,(H2,25,26,27,28). The Morgan fingerprint density at radius 1 is 0.912 bits per heavy atom. The summed E-state index contributed by atoms with van der Waals surface area (Å²) in [6.45, 7) is 4.74. The Kier molecular flexibility index (Phi) is 6.68. The molecule has 11 heteroatoms. The lowest BCUT2D eigenvalue weighted by atomic mass is 10.0. The molecule has 0 spiro atoms. The summed E-state index contributed by atoms with van der Waals surface area (Å²) >= 11 is 0. The monoisotopic (exact) mass is 499 g/mol. The van der Waals surface area contributed by atoms with Gasteiger partial charge in [0.1, 0.15) is 5.82 Å². The zero-order chi connectivity index (χ0) is 25.3. The van der Waals surface area contributed by atoms with Gasteiger partial charge >= 0.3 is 0 Å². The number of benzene rings is 2. The van der Waals surface area contributed by atoms with E-state index in [-0.39, 0.29) is 5.56 Å². The number of hydrogen-bond donors (Lipinski definition) is 2. The molecule has 0 atom stereocenters. The first-order chi connectivity index (χ1) is 15.8. The van der Waals surface area contributed by atoms with Crippen LogP contribution in [0.25, 0.3) is 0 Å². The van der Waals surface area contributed by atoms with Crippen LogP contribution in [0.2, 0.25) is 0 Å². The smallest absolute Gasteiger partial charge is 0.229 e. The molecule has 0 aliphatic rings. The second-order valence-corrected chi connectivity index (χ2v) is 13.2. The number of aromatic nitrogens is 2.